The van der Waals surface area contributed by atoms with Crippen molar-refractivity contribution in [3.8, 4) is 0 Å². The van der Waals surface area contributed by atoms with Crippen LogP contribution in [-0.4, -0.2) is 38.9 Å². The average molecular weight is 472 g/mol. The number of aromatic amines is 1. The molecule has 3 rings (SSSR count). The molecular formula is C24H22ClNO7. The first-order chi connectivity index (χ1) is 15.7. The highest BCUT2D eigenvalue weighted by Gasteiger charge is 2.56. The number of ether oxygens (including phenoxy) is 1. The molecule has 2 aromatic carbocycles. The molecule has 0 fully saturated rings. The van der Waals surface area contributed by atoms with Crippen molar-refractivity contribution in [2.75, 3.05) is 0 Å². The average Bonchev–Trinajstić information content (AvgIpc) is 3.16. The number of hydrogen-bond acceptors (Lipinski definition) is 5. The zero-order valence-electron chi connectivity index (χ0n) is 17.9. The number of aromatic nitrogens is 1. The van der Waals surface area contributed by atoms with Gasteiger partial charge in [-0.3, -0.25) is 9.59 Å². The molecule has 3 N–H and O–H groups in total. The first kappa shape index (κ1) is 24.0. The van der Waals surface area contributed by atoms with Crippen LogP contribution in [0.25, 0.3) is 10.9 Å². The van der Waals surface area contributed by atoms with E-state index in [-0.39, 0.29) is 27.2 Å². The quantitative estimate of drug-likeness (QED) is 0.239. The summed E-state index contributed by atoms with van der Waals surface area (Å²) in [6.07, 6.45) is 0.647. The van der Waals surface area contributed by atoms with E-state index in [1.54, 1.807) is 32.0 Å². The molecular weight excluding hydrogens is 450 g/mol. The molecule has 0 radical (unpaired) electrons. The minimum atomic E-state index is -3.16. The van der Waals surface area contributed by atoms with Crippen LogP contribution in [0, 0.1) is 5.92 Å². The zero-order chi connectivity index (χ0) is 24.3. The van der Waals surface area contributed by atoms with Crippen LogP contribution in [0.1, 0.15) is 48.3 Å². The summed E-state index contributed by atoms with van der Waals surface area (Å²) in [5.74, 6) is -6.23. The summed E-state index contributed by atoms with van der Waals surface area (Å²) in [7, 11) is 0. The van der Waals surface area contributed by atoms with E-state index in [2.05, 4.69) is 4.98 Å². The number of halogens is 1. The SMILES string of the molecule is CCC(CC)C(=O)OC(C(=O)O)(C(=O)O)c1c(C(=O)c2ccccc2)[nH]c2cc(Cl)ccc12. The Bertz CT molecular complexity index is 1210. The molecule has 0 saturated heterocycles. The van der Waals surface area contributed by atoms with Gasteiger partial charge in [0.2, 0.25) is 5.78 Å². The van der Waals surface area contributed by atoms with Crippen molar-refractivity contribution in [2.24, 2.45) is 5.92 Å². The number of ketones is 1. The van der Waals surface area contributed by atoms with Gasteiger partial charge in [0.1, 0.15) is 0 Å². The third kappa shape index (κ3) is 4.21. The van der Waals surface area contributed by atoms with Crippen LogP contribution in [0.4, 0.5) is 0 Å². The van der Waals surface area contributed by atoms with E-state index in [0.717, 1.165) is 0 Å². The van der Waals surface area contributed by atoms with Gasteiger partial charge in [0.15, 0.2) is 0 Å². The fraction of sp³-hybridized carbons (Fsp3) is 0.250. The predicted molar refractivity (Wildman–Crippen MR) is 120 cm³/mol. The lowest BCUT2D eigenvalue weighted by Gasteiger charge is -2.27. The number of nitrogens with one attached hydrogen (secondary N) is 1. The summed E-state index contributed by atoms with van der Waals surface area (Å²) in [5, 5.41) is 20.6. The summed E-state index contributed by atoms with van der Waals surface area (Å²) >= 11 is 6.06. The number of carboxylic acids is 2. The van der Waals surface area contributed by atoms with E-state index in [1.165, 1.54) is 30.3 Å². The van der Waals surface area contributed by atoms with Gasteiger partial charge in [0.05, 0.1) is 17.2 Å². The van der Waals surface area contributed by atoms with Crippen LogP contribution < -0.4 is 0 Å². The normalized spacial score (nSPS) is 11.5. The number of aliphatic carboxylic acids is 2. The Labute approximate surface area is 194 Å². The van der Waals surface area contributed by atoms with Crippen LogP contribution >= 0.6 is 11.6 Å². The Hall–Kier alpha value is -3.65. The largest absolute Gasteiger partial charge is 0.478 e. The number of carbonyl (C=O) groups is 4. The minimum Gasteiger partial charge on any atom is -0.478 e. The van der Waals surface area contributed by atoms with Gasteiger partial charge in [-0.05, 0) is 25.0 Å². The fourth-order valence-electron chi connectivity index (χ4n) is 3.74. The highest BCUT2D eigenvalue weighted by atomic mass is 35.5. The second-order valence-electron chi connectivity index (χ2n) is 7.49. The van der Waals surface area contributed by atoms with Crippen molar-refractivity contribution in [1.82, 2.24) is 4.98 Å². The van der Waals surface area contributed by atoms with E-state index >= 15 is 0 Å². The maximum Gasteiger partial charge on any atom is 0.365 e. The number of esters is 1. The van der Waals surface area contributed by atoms with Gasteiger partial charge in [0.25, 0.3) is 0 Å². The Balaban J connectivity index is 2.36. The van der Waals surface area contributed by atoms with E-state index in [9.17, 15) is 29.4 Å². The van der Waals surface area contributed by atoms with Crippen molar-refractivity contribution in [3.05, 3.63) is 70.4 Å². The molecule has 0 aliphatic heterocycles. The Kier molecular flexibility index (Phi) is 6.88. The minimum absolute atomic E-state index is 0.0841. The van der Waals surface area contributed by atoms with Gasteiger partial charge in [-0.15, -0.1) is 0 Å². The fourth-order valence-corrected chi connectivity index (χ4v) is 3.91. The molecule has 3 aromatic rings. The molecule has 0 unspecified atom stereocenters. The zero-order valence-corrected chi connectivity index (χ0v) is 18.7. The molecule has 0 spiro atoms. The number of carboxylic acid groups (broad SMARTS) is 2. The maximum atomic E-state index is 13.4. The molecule has 0 aliphatic carbocycles. The molecule has 1 aromatic heterocycles. The van der Waals surface area contributed by atoms with Gasteiger partial charge in [-0.25, -0.2) is 9.59 Å². The van der Waals surface area contributed by atoms with Crippen LogP contribution in [0.5, 0.6) is 0 Å². The second kappa shape index (κ2) is 9.46. The first-order valence-electron chi connectivity index (χ1n) is 10.3. The van der Waals surface area contributed by atoms with Crippen molar-refractivity contribution in [1.29, 1.82) is 0 Å². The number of rotatable bonds is 9. The number of fused-ring (bicyclic) bond motifs is 1. The molecule has 0 aliphatic rings. The lowest BCUT2D eigenvalue weighted by molar-refractivity contribution is -0.194. The summed E-state index contributed by atoms with van der Waals surface area (Å²) in [6, 6.07) is 12.2. The van der Waals surface area contributed by atoms with Crippen molar-refractivity contribution >= 4 is 46.2 Å². The Morgan fingerprint density at radius 1 is 1.00 bits per heavy atom. The summed E-state index contributed by atoms with van der Waals surface area (Å²) < 4.78 is 5.27. The van der Waals surface area contributed by atoms with Crippen LogP contribution in [0.3, 0.4) is 0 Å². The van der Waals surface area contributed by atoms with Crippen LogP contribution in [-0.2, 0) is 24.7 Å². The smallest absolute Gasteiger partial charge is 0.365 e. The standard InChI is InChI=1S/C24H22ClNO7/c1-3-13(4-2)21(28)33-24(22(29)30,23(31)32)18-16-11-10-15(25)12-17(16)26-19(18)20(27)14-8-6-5-7-9-14/h5-13,26H,3-4H2,1-2H3,(H,29,30)(H,31,32). The molecule has 9 heteroatoms. The number of carbonyl (C=O) groups excluding carboxylic acids is 2. The molecule has 0 atom stereocenters. The molecule has 33 heavy (non-hydrogen) atoms. The van der Waals surface area contributed by atoms with Crippen LogP contribution in [0.15, 0.2) is 48.5 Å². The second-order valence-corrected chi connectivity index (χ2v) is 7.92. The molecule has 0 amide bonds. The highest BCUT2D eigenvalue weighted by Crippen LogP contribution is 2.39. The van der Waals surface area contributed by atoms with Gasteiger partial charge < -0.3 is 19.9 Å². The highest BCUT2D eigenvalue weighted by molar-refractivity contribution is 6.31. The van der Waals surface area contributed by atoms with E-state index in [0.29, 0.717) is 12.8 Å². The topological polar surface area (TPSA) is 134 Å². The van der Waals surface area contributed by atoms with Crippen molar-refractivity contribution in [2.45, 2.75) is 32.3 Å². The molecule has 1 heterocycles. The summed E-state index contributed by atoms with van der Waals surface area (Å²) in [4.78, 5) is 54.0. The molecule has 0 bridgehead atoms. The molecule has 172 valence electrons. The van der Waals surface area contributed by atoms with E-state index in [4.69, 9.17) is 16.3 Å². The monoisotopic (exact) mass is 471 g/mol. The van der Waals surface area contributed by atoms with Gasteiger partial charge >= 0.3 is 23.5 Å². The number of H-pyrrole nitrogens is 1. The first-order valence-corrected chi connectivity index (χ1v) is 10.7. The van der Waals surface area contributed by atoms with Gasteiger partial charge in [-0.2, -0.15) is 0 Å². The van der Waals surface area contributed by atoms with Crippen molar-refractivity contribution in [3.63, 3.8) is 0 Å². The summed E-state index contributed by atoms with van der Waals surface area (Å²) in [6.45, 7) is 3.41. The van der Waals surface area contributed by atoms with E-state index in [1.807, 2.05) is 0 Å². The maximum absolute atomic E-state index is 13.4. The predicted octanol–water partition coefficient (Wildman–Crippen LogP) is 4.40. The third-order valence-corrected chi connectivity index (χ3v) is 5.79. The summed E-state index contributed by atoms with van der Waals surface area (Å²) in [5.41, 5.74) is -3.54. The number of hydrogen-bond donors (Lipinski definition) is 3. The number of benzene rings is 2. The Morgan fingerprint density at radius 3 is 2.15 bits per heavy atom. The van der Waals surface area contributed by atoms with Crippen molar-refractivity contribution < 1.29 is 34.1 Å². The van der Waals surface area contributed by atoms with Gasteiger partial charge in [0, 0.05) is 21.5 Å². The van der Waals surface area contributed by atoms with E-state index < -0.39 is 40.8 Å². The lowest BCUT2D eigenvalue weighted by atomic mass is 9.88. The lowest BCUT2D eigenvalue weighted by Crippen LogP contribution is -2.49. The molecule has 8 nitrogen and oxygen atoms in total. The molecule has 0 saturated carbocycles. The van der Waals surface area contributed by atoms with Gasteiger partial charge in [-0.1, -0.05) is 61.8 Å². The third-order valence-electron chi connectivity index (χ3n) is 5.55. The Morgan fingerprint density at radius 2 is 1.61 bits per heavy atom. The van der Waals surface area contributed by atoms with Crippen LogP contribution in [0.2, 0.25) is 5.02 Å².